The van der Waals surface area contributed by atoms with Crippen LogP contribution in [0.4, 0.5) is 9.52 Å². The fourth-order valence-electron chi connectivity index (χ4n) is 2.89. The lowest BCUT2D eigenvalue weighted by molar-refractivity contribution is 0.102. The summed E-state index contributed by atoms with van der Waals surface area (Å²) in [4.78, 5) is 17.9. The molecular formula is C17H20FN3OS. The number of aromatic nitrogens is 1. The number of amides is 1. The molecule has 2 heterocycles. The first-order chi connectivity index (χ1) is 11.0. The van der Waals surface area contributed by atoms with Gasteiger partial charge in [-0.15, -0.1) is 11.3 Å². The van der Waals surface area contributed by atoms with Crippen molar-refractivity contribution < 1.29 is 9.18 Å². The van der Waals surface area contributed by atoms with Crippen molar-refractivity contribution in [3.8, 4) is 0 Å². The van der Waals surface area contributed by atoms with Crippen molar-refractivity contribution in [1.82, 2.24) is 10.3 Å². The highest BCUT2D eigenvalue weighted by atomic mass is 32.1. The Morgan fingerprint density at radius 2 is 1.96 bits per heavy atom. The largest absolute Gasteiger partial charge is 0.317 e. The Kier molecular flexibility index (Phi) is 4.73. The molecule has 122 valence electrons. The molecule has 1 saturated heterocycles. The van der Waals surface area contributed by atoms with Crippen molar-refractivity contribution in [2.75, 3.05) is 18.4 Å². The van der Waals surface area contributed by atoms with E-state index in [1.807, 2.05) is 6.20 Å². The second-order valence-electron chi connectivity index (χ2n) is 5.97. The molecule has 1 fully saturated rings. The molecule has 0 saturated carbocycles. The number of thiazole rings is 1. The van der Waals surface area contributed by atoms with Crippen LogP contribution in [0.15, 0.2) is 18.3 Å². The third-order valence-electron chi connectivity index (χ3n) is 4.18. The van der Waals surface area contributed by atoms with Gasteiger partial charge in [-0.25, -0.2) is 9.37 Å². The molecular weight excluding hydrogens is 313 g/mol. The summed E-state index contributed by atoms with van der Waals surface area (Å²) in [6, 6.07) is 3.14. The van der Waals surface area contributed by atoms with E-state index in [0.29, 0.717) is 27.7 Å². The summed E-state index contributed by atoms with van der Waals surface area (Å²) in [7, 11) is 0. The molecule has 2 aromatic rings. The number of hydrogen-bond acceptors (Lipinski definition) is 4. The van der Waals surface area contributed by atoms with Gasteiger partial charge in [-0.05, 0) is 69.0 Å². The molecule has 0 unspecified atom stereocenters. The summed E-state index contributed by atoms with van der Waals surface area (Å²) in [5, 5.41) is 6.77. The average Bonchev–Trinajstić information content (AvgIpc) is 3.01. The first kappa shape index (κ1) is 16.1. The van der Waals surface area contributed by atoms with E-state index in [-0.39, 0.29) is 11.7 Å². The van der Waals surface area contributed by atoms with E-state index in [1.165, 1.54) is 16.2 Å². The molecule has 1 aromatic carbocycles. The van der Waals surface area contributed by atoms with Crippen molar-refractivity contribution in [2.45, 2.75) is 32.6 Å². The lowest BCUT2D eigenvalue weighted by atomic mass is 9.97. The highest BCUT2D eigenvalue weighted by Crippen LogP contribution is 2.31. The number of nitrogens with zero attached hydrogens (tertiary/aromatic N) is 1. The minimum Gasteiger partial charge on any atom is -0.317 e. The van der Waals surface area contributed by atoms with Crippen LogP contribution in [0.2, 0.25) is 0 Å². The maximum absolute atomic E-state index is 13.7. The molecule has 1 aromatic heterocycles. The minimum atomic E-state index is -0.260. The molecule has 23 heavy (non-hydrogen) atoms. The highest BCUT2D eigenvalue weighted by molar-refractivity contribution is 7.15. The second kappa shape index (κ2) is 6.76. The number of anilines is 1. The molecule has 0 radical (unpaired) electrons. The van der Waals surface area contributed by atoms with E-state index in [9.17, 15) is 9.18 Å². The Morgan fingerprint density at radius 1 is 1.30 bits per heavy atom. The van der Waals surface area contributed by atoms with Gasteiger partial charge < -0.3 is 5.32 Å². The Morgan fingerprint density at radius 3 is 2.61 bits per heavy atom. The maximum atomic E-state index is 13.7. The maximum Gasteiger partial charge on any atom is 0.257 e. The van der Waals surface area contributed by atoms with Crippen molar-refractivity contribution >= 4 is 22.4 Å². The van der Waals surface area contributed by atoms with Crippen LogP contribution in [0.5, 0.6) is 0 Å². The number of hydrogen-bond donors (Lipinski definition) is 2. The quantitative estimate of drug-likeness (QED) is 0.902. The molecule has 2 N–H and O–H groups in total. The van der Waals surface area contributed by atoms with Crippen LogP contribution in [0.3, 0.4) is 0 Å². The summed E-state index contributed by atoms with van der Waals surface area (Å²) in [6.07, 6.45) is 4.06. The Labute approximate surface area is 139 Å². The fourth-order valence-corrected chi connectivity index (χ4v) is 3.87. The Bertz CT molecular complexity index is 699. The van der Waals surface area contributed by atoms with Crippen LogP contribution in [-0.4, -0.2) is 24.0 Å². The number of nitrogens with one attached hydrogen (secondary N) is 2. The van der Waals surface area contributed by atoms with Crippen LogP contribution in [0, 0.1) is 19.7 Å². The van der Waals surface area contributed by atoms with E-state index in [4.69, 9.17) is 0 Å². The van der Waals surface area contributed by atoms with Gasteiger partial charge in [0.1, 0.15) is 5.82 Å². The molecule has 4 nitrogen and oxygen atoms in total. The highest BCUT2D eigenvalue weighted by Gasteiger charge is 2.19. The number of carbonyl (C=O) groups excluding carboxylic acids is 1. The molecule has 6 heteroatoms. The van der Waals surface area contributed by atoms with E-state index in [1.54, 1.807) is 26.0 Å². The predicted octanol–water partition coefficient (Wildman–Crippen LogP) is 3.62. The van der Waals surface area contributed by atoms with Crippen LogP contribution in [0.25, 0.3) is 0 Å². The van der Waals surface area contributed by atoms with Gasteiger partial charge in [0.15, 0.2) is 5.13 Å². The molecule has 1 amide bonds. The number of benzene rings is 1. The van der Waals surface area contributed by atoms with Crippen LogP contribution in [-0.2, 0) is 0 Å². The van der Waals surface area contributed by atoms with Gasteiger partial charge in [0.05, 0.1) is 0 Å². The van der Waals surface area contributed by atoms with Gasteiger partial charge in [0.25, 0.3) is 5.91 Å². The number of carbonyl (C=O) groups is 1. The topological polar surface area (TPSA) is 54.0 Å². The van der Waals surface area contributed by atoms with Gasteiger partial charge in [0, 0.05) is 16.6 Å². The summed E-state index contributed by atoms with van der Waals surface area (Å²) in [5.74, 6) is 0.0149. The van der Waals surface area contributed by atoms with E-state index in [0.717, 1.165) is 25.9 Å². The molecule has 0 aliphatic carbocycles. The number of piperidine rings is 1. The molecule has 1 aliphatic rings. The van der Waals surface area contributed by atoms with Crippen molar-refractivity contribution in [3.63, 3.8) is 0 Å². The summed E-state index contributed by atoms with van der Waals surface area (Å²) in [6.45, 7) is 5.38. The molecule has 0 spiro atoms. The van der Waals surface area contributed by atoms with Gasteiger partial charge >= 0.3 is 0 Å². The zero-order valence-corrected chi connectivity index (χ0v) is 14.1. The third kappa shape index (κ3) is 3.59. The zero-order chi connectivity index (χ0) is 16.4. The summed E-state index contributed by atoms with van der Waals surface area (Å²) >= 11 is 1.53. The number of halogens is 1. The van der Waals surface area contributed by atoms with Crippen LogP contribution in [0.1, 0.15) is 45.1 Å². The summed E-state index contributed by atoms with van der Waals surface area (Å²) < 4.78 is 13.7. The monoisotopic (exact) mass is 333 g/mol. The molecule has 1 aliphatic heterocycles. The Hall–Kier alpha value is -1.79. The first-order valence-electron chi connectivity index (χ1n) is 7.79. The SMILES string of the molecule is Cc1cc(C(=O)Nc2ncc(C3CCNCC3)s2)cc(C)c1F. The van der Waals surface area contributed by atoms with Crippen molar-refractivity contribution in [2.24, 2.45) is 0 Å². The molecule has 0 bridgehead atoms. The van der Waals surface area contributed by atoms with Gasteiger partial charge in [-0.3, -0.25) is 10.1 Å². The summed E-state index contributed by atoms with van der Waals surface area (Å²) in [5.41, 5.74) is 1.41. The van der Waals surface area contributed by atoms with E-state index < -0.39 is 0 Å². The lowest BCUT2D eigenvalue weighted by Gasteiger charge is -2.20. The smallest absolute Gasteiger partial charge is 0.257 e. The van der Waals surface area contributed by atoms with E-state index in [2.05, 4.69) is 15.6 Å². The normalized spacial score (nSPS) is 15.6. The van der Waals surface area contributed by atoms with Gasteiger partial charge in [0.2, 0.25) is 0 Å². The van der Waals surface area contributed by atoms with Crippen molar-refractivity contribution in [1.29, 1.82) is 0 Å². The van der Waals surface area contributed by atoms with Crippen LogP contribution >= 0.6 is 11.3 Å². The number of rotatable bonds is 3. The standard InChI is InChI=1S/C17H20FN3OS/c1-10-7-13(8-11(2)15(10)18)16(22)21-17-20-9-14(23-17)12-3-5-19-6-4-12/h7-9,12,19H,3-6H2,1-2H3,(H,20,21,22). The number of aryl methyl sites for hydroxylation is 2. The zero-order valence-electron chi connectivity index (χ0n) is 13.3. The minimum absolute atomic E-state index is 0.248. The first-order valence-corrected chi connectivity index (χ1v) is 8.61. The molecule has 0 atom stereocenters. The molecule has 3 rings (SSSR count). The lowest BCUT2D eigenvalue weighted by Crippen LogP contribution is -2.26. The van der Waals surface area contributed by atoms with Crippen LogP contribution < -0.4 is 10.6 Å². The third-order valence-corrected chi connectivity index (χ3v) is 5.26. The second-order valence-corrected chi connectivity index (χ2v) is 7.03. The van der Waals surface area contributed by atoms with Crippen molar-refractivity contribution in [3.05, 3.63) is 45.7 Å². The average molecular weight is 333 g/mol. The van der Waals surface area contributed by atoms with Gasteiger partial charge in [-0.2, -0.15) is 0 Å². The Balaban J connectivity index is 1.72. The van der Waals surface area contributed by atoms with Gasteiger partial charge in [-0.1, -0.05) is 0 Å². The predicted molar refractivity (Wildman–Crippen MR) is 90.8 cm³/mol. The van der Waals surface area contributed by atoms with E-state index >= 15 is 0 Å². The fraction of sp³-hybridized carbons (Fsp3) is 0.412.